The summed E-state index contributed by atoms with van der Waals surface area (Å²) in [5.41, 5.74) is 4.45. The normalized spacial score (nSPS) is 17.0. The van der Waals surface area contributed by atoms with Gasteiger partial charge in [0, 0.05) is 17.0 Å². The Morgan fingerprint density at radius 3 is 2.28 bits per heavy atom. The molecule has 166 valence electrons. The highest BCUT2D eigenvalue weighted by Gasteiger charge is 2.35. The Morgan fingerprint density at radius 2 is 1.62 bits per heavy atom. The molecule has 1 aliphatic carbocycles. The maximum absolute atomic E-state index is 12.8. The molecule has 0 N–H and O–H groups in total. The summed E-state index contributed by atoms with van der Waals surface area (Å²) < 4.78 is 27.9. The van der Waals surface area contributed by atoms with Gasteiger partial charge in [-0.25, -0.2) is 4.79 Å². The van der Waals surface area contributed by atoms with Crippen molar-refractivity contribution in [3.05, 3.63) is 56.4 Å². The first-order valence-corrected chi connectivity index (χ1v) is 10.6. The second-order valence-corrected chi connectivity index (χ2v) is 8.20. The van der Waals surface area contributed by atoms with Crippen LogP contribution in [0.4, 0.5) is 0 Å². The predicted octanol–water partition coefficient (Wildman–Crippen LogP) is 4.06. The fraction of sp³-hybridized carbons (Fsp3) is 0.360. The lowest BCUT2D eigenvalue weighted by Gasteiger charge is -2.29. The lowest BCUT2D eigenvalue weighted by Crippen LogP contribution is -2.23. The van der Waals surface area contributed by atoms with Gasteiger partial charge in [-0.05, 0) is 61.1 Å². The minimum absolute atomic E-state index is 0.178. The Hall–Kier alpha value is -3.48. The van der Waals surface area contributed by atoms with Crippen LogP contribution in [0.2, 0.25) is 0 Å². The number of fused-ring (bicyclic) bond motifs is 5. The highest BCUT2D eigenvalue weighted by molar-refractivity contribution is 5.95. The van der Waals surface area contributed by atoms with E-state index in [4.69, 9.17) is 23.4 Å². The summed E-state index contributed by atoms with van der Waals surface area (Å²) in [6.45, 7) is 1.94. The number of hydrogen-bond acceptors (Lipinski definition) is 7. The number of hydrogen-bond donors (Lipinski definition) is 0. The van der Waals surface area contributed by atoms with Crippen molar-refractivity contribution in [1.29, 1.82) is 0 Å². The fourth-order valence-corrected chi connectivity index (χ4v) is 5.10. The molecule has 7 heteroatoms. The summed E-state index contributed by atoms with van der Waals surface area (Å²) in [6.07, 6.45) is 2.50. The third-order valence-electron chi connectivity index (χ3n) is 6.48. The average Bonchev–Trinajstić information content (AvgIpc) is 3.27. The van der Waals surface area contributed by atoms with Crippen molar-refractivity contribution in [3.63, 3.8) is 0 Å². The van der Waals surface area contributed by atoms with Gasteiger partial charge in [-0.1, -0.05) is 0 Å². The van der Waals surface area contributed by atoms with Crippen LogP contribution in [0.5, 0.6) is 23.0 Å². The molecule has 1 aromatic heterocycles. The minimum atomic E-state index is -0.332. The molecule has 2 aromatic carbocycles. The molecule has 0 fully saturated rings. The number of aryl methyl sites for hydroxylation is 2. The summed E-state index contributed by atoms with van der Waals surface area (Å²) in [4.78, 5) is 25.2. The van der Waals surface area contributed by atoms with Crippen molar-refractivity contribution in [3.8, 4) is 23.0 Å². The highest BCUT2D eigenvalue weighted by atomic mass is 16.5. The number of rotatable bonds is 4. The zero-order valence-electron chi connectivity index (χ0n) is 18.5. The molecular formula is C25H24O7. The molecule has 0 spiro atoms. The van der Waals surface area contributed by atoms with Crippen LogP contribution in [0.1, 0.15) is 46.6 Å². The number of benzene rings is 2. The molecule has 2 aliphatic rings. The first-order valence-electron chi connectivity index (χ1n) is 10.6. The van der Waals surface area contributed by atoms with Crippen LogP contribution in [0, 0.1) is 6.92 Å². The molecule has 0 unspecified atom stereocenters. The van der Waals surface area contributed by atoms with Gasteiger partial charge in [0.1, 0.15) is 11.3 Å². The van der Waals surface area contributed by atoms with Crippen LogP contribution in [-0.4, -0.2) is 27.3 Å². The van der Waals surface area contributed by atoms with Crippen LogP contribution in [0.25, 0.3) is 11.0 Å². The largest absolute Gasteiger partial charge is 0.493 e. The summed E-state index contributed by atoms with van der Waals surface area (Å²) in [7, 11) is 4.68. The van der Waals surface area contributed by atoms with Gasteiger partial charge in [-0.3, -0.25) is 4.79 Å². The molecule has 0 radical (unpaired) electrons. The number of carbonyl (C=O) groups excluding carboxylic acids is 1. The van der Waals surface area contributed by atoms with Gasteiger partial charge in [0.2, 0.25) is 5.75 Å². The van der Waals surface area contributed by atoms with Gasteiger partial charge < -0.3 is 23.4 Å². The van der Waals surface area contributed by atoms with Gasteiger partial charge in [-0.15, -0.1) is 0 Å². The van der Waals surface area contributed by atoms with E-state index in [1.54, 1.807) is 21.3 Å². The van der Waals surface area contributed by atoms with E-state index in [1.807, 2.05) is 25.1 Å². The van der Waals surface area contributed by atoms with E-state index < -0.39 is 0 Å². The van der Waals surface area contributed by atoms with E-state index in [1.165, 1.54) is 0 Å². The summed E-state index contributed by atoms with van der Waals surface area (Å²) in [6, 6.07) is 5.61. The summed E-state index contributed by atoms with van der Waals surface area (Å²) in [5.74, 6) is 1.43. The third kappa shape index (κ3) is 2.95. The monoisotopic (exact) mass is 436 g/mol. The van der Waals surface area contributed by atoms with Crippen LogP contribution in [-0.2, 0) is 17.6 Å². The van der Waals surface area contributed by atoms with Crippen molar-refractivity contribution in [2.24, 2.45) is 0 Å². The van der Waals surface area contributed by atoms with Crippen molar-refractivity contribution >= 4 is 16.9 Å². The van der Waals surface area contributed by atoms with E-state index >= 15 is 0 Å². The molecule has 7 nitrogen and oxygen atoms in total. The first-order chi connectivity index (χ1) is 15.5. The topological polar surface area (TPSA) is 84.2 Å². The standard InChI is InChI=1S/C25H24O7/c1-12-8-17-22(14-6-5-7-15(14)25(27)31-17)24-21(12)16(11-20(26)32-24)13-9-18(28-2)23(30-4)19(10-13)29-3/h8-10,16H,5-7,11H2,1-4H3/t16-/m0/s1. The molecule has 5 rings (SSSR count). The molecule has 0 bridgehead atoms. The van der Waals surface area contributed by atoms with E-state index in [9.17, 15) is 9.59 Å². The van der Waals surface area contributed by atoms with Gasteiger partial charge in [0.15, 0.2) is 11.5 Å². The van der Waals surface area contributed by atoms with Crippen molar-refractivity contribution in [2.75, 3.05) is 21.3 Å². The Bertz CT molecular complexity index is 1290. The number of carbonyl (C=O) groups is 1. The van der Waals surface area contributed by atoms with E-state index in [0.717, 1.165) is 40.5 Å². The minimum Gasteiger partial charge on any atom is -0.493 e. The molecule has 1 atom stereocenters. The lowest BCUT2D eigenvalue weighted by atomic mass is 9.82. The molecule has 0 saturated carbocycles. The van der Waals surface area contributed by atoms with Crippen molar-refractivity contribution < 1.29 is 28.2 Å². The second-order valence-electron chi connectivity index (χ2n) is 8.20. The maximum Gasteiger partial charge on any atom is 0.339 e. The second kappa shape index (κ2) is 7.58. The Kier molecular flexibility index (Phi) is 4.84. The smallest absolute Gasteiger partial charge is 0.339 e. The van der Waals surface area contributed by atoms with Crippen molar-refractivity contribution in [1.82, 2.24) is 0 Å². The molecule has 0 saturated heterocycles. The van der Waals surface area contributed by atoms with Crippen molar-refractivity contribution in [2.45, 2.75) is 38.5 Å². The quantitative estimate of drug-likeness (QED) is 0.346. The van der Waals surface area contributed by atoms with Gasteiger partial charge in [0.05, 0.1) is 33.1 Å². The molecule has 1 aliphatic heterocycles. The van der Waals surface area contributed by atoms with Crippen LogP contribution in [0.15, 0.2) is 27.4 Å². The molecule has 3 aromatic rings. The van der Waals surface area contributed by atoms with Crippen LogP contribution >= 0.6 is 0 Å². The van der Waals surface area contributed by atoms with Gasteiger partial charge in [-0.2, -0.15) is 0 Å². The van der Waals surface area contributed by atoms with Gasteiger partial charge in [0.25, 0.3) is 0 Å². The SMILES string of the molecule is COc1cc([C@@H]2CC(=O)Oc3c2c(C)cc2oc(=O)c4c(c32)CCC4)cc(OC)c1OC. The molecule has 0 amide bonds. The average molecular weight is 436 g/mol. The van der Waals surface area contributed by atoms with E-state index in [2.05, 4.69) is 0 Å². The molecule has 2 heterocycles. The summed E-state index contributed by atoms with van der Waals surface area (Å²) >= 11 is 0. The Balaban J connectivity index is 1.79. The van der Waals surface area contributed by atoms with Gasteiger partial charge >= 0.3 is 11.6 Å². The van der Waals surface area contributed by atoms with E-state index in [-0.39, 0.29) is 23.9 Å². The molecule has 32 heavy (non-hydrogen) atoms. The summed E-state index contributed by atoms with van der Waals surface area (Å²) in [5, 5.41) is 0.739. The predicted molar refractivity (Wildman–Crippen MR) is 117 cm³/mol. The maximum atomic E-state index is 12.8. The first kappa shape index (κ1) is 20.4. The Morgan fingerprint density at radius 1 is 0.938 bits per heavy atom. The number of esters is 1. The lowest BCUT2D eigenvalue weighted by molar-refractivity contribution is -0.135. The number of methoxy groups -OCH3 is 3. The van der Waals surface area contributed by atoms with Crippen LogP contribution < -0.4 is 24.6 Å². The fourth-order valence-electron chi connectivity index (χ4n) is 5.10. The molecular weight excluding hydrogens is 412 g/mol. The zero-order valence-corrected chi connectivity index (χ0v) is 18.5. The third-order valence-corrected chi connectivity index (χ3v) is 6.48. The Labute approximate surface area is 184 Å². The van der Waals surface area contributed by atoms with E-state index in [0.29, 0.717) is 40.6 Å². The highest BCUT2D eigenvalue weighted by Crippen LogP contribution is 2.49. The zero-order chi connectivity index (χ0) is 22.6. The van der Waals surface area contributed by atoms with Crippen LogP contribution in [0.3, 0.4) is 0 Å². The number of ether oxygens (including phenoxy) is 4.